The average molecular weight is 367 g/mol. The van der Waals surface area contributed by atoms with Gasteiger partial charge in [-0.25, -0.2) is 4.98 Å². The van der Waals surface area contributed by atoms with Crippen LogP contribution in [0.3, 0.4) is 0 Å². The zero-order chi connectivity index (χ0) is 18.8. The predicted molar refractivity (Wildman–Crippen MR) is 104 cm³/mol. The van der Waals surface area contributed by atoms with E-state index in [1.807, 2.05) is 19.1 Å². The molecule has 2 aromatic rings. The Morgan fingerprint density at radius 1 is 1.41 bits per heavy atom. The fourth-order valence-electron chi connectivity index (χ4n) is 4.02. The molecule has 2 aliphatic rings. The molecule has 2 aliphatic heterocycles. The third-order valence-electron chi connectivity index (χ3n) is 5.22. The Balaban J connectivity index is 1.48. The quantitative estimate of drug-likeness (QED) is 0.900. The Hall–Kier alpha value is -2.60. The van der Waals surface area contributed by atoms with Crippen molar-refractivity contribution < 1.29 is 9.47 Å². The van der Waals surface area contributed by atoms with Gasteiger partial charge in [-0.15, -0.1) is 0 Å². The number of rotatable bonds is 4. The Bertz CT molecular complexity index is 919. The molecule has 0 saturated carbocycles. The third kappa shape index (κ3) is 3.90. The first-order chi connectivity index (χ1) is 13.1. The van der Waals surface area contributed by atoms with Gasteiger partial charge in [0.05, 0.1) is 12.8 Å². The van der Waals surface area contributed by atoms with Crippen molar-refractivity contribution in [2.24, 2.45) is 0 Å². The Morgan fingerprint density at radius 3 is 3.11 bits per heavy atom. The van der Waals surface area contributed by atoms with Crippen LogP contribution in [0.2, 0.25) is 0 Å². The van der Waals surface area contributed by atoms with Crippen LogP contribution < -0.4 is 15.0 Å². The number of aromatic amines is 1. The first-order valence-electron chi connectivity index (χ1n) is 9.42. The van der Waals surface area contributed by atoms with Gasteiger partial charge in [-0.05, 0) is 44.0 Å². The number of nitrogens with zero attached hydrogens (tertiary/aromatic N) is 2. The second-order valence-corrected chi connectivity index (χ2v) is 7.30. The molecule has 1 atom stereocenters. The summed E-state index contributed by atoms with van der Waals surface area (Å²) in [5, 5.41) is 0. The summed E-state index contributed by atoms with van der Waals surface area (Å²) in [5.41, 5.74) is 3.16. The van der Waals surface area contributed by atoms with Crippen molar-refractivity contribution in [1.82, 2.24) is 14.9 Å². The maximum atomic E-state index is 11.8. The summed E-state index contributed by atoms with van der Waals surface area (Å²) in [6.45, 7) is 5.26. The molecule has 0 unspecified atom stereocenters. The molecule has 1 saturated heterocycles. The summed E-state index contributed by atoms with van der Waals surface area (Å²) in [4.78, 5) is 21.5. The molecule has 4 rings (SSSR count). The highest BCUT2D eigenvalue weighted by Gasteiger charge is 2.25. The van der Waals surface area contributed by atoms with Crippen molar-refractivity contribution in [2.75, 3.05) is 33.4 Å². The van der Waals surface area contributed by atoms with Crippen LogP contribution in [-0.2, 0) is 0 Å². The molecule has 1 aromatic heterocycles. The molecule has 1 N–H and O–H groups in total. The van der Waals surface area contributed by atoms with E-state index in [-0.39, 0.29) is 5.56 Å². The predicted octanol–water partition coefficient (Wildman–Crippen LogP) is 2.74. The number of aromatic nitrogens is 2. The van der Waals surface area contributed by atoms with Crippen LogP contribution in [0, 0.1) is 6.92 Å². The number of ether oxygens (including phenoxy) is 2. The molecule has 0 amide bonds. The van der Waals surface area contributed by atoms with E-state index in [1.165, 1.54) is 5.57 Å². The van der Waals surface area contributed by atoms with Gasteiger partial charge in [0.25, 0.3) is 5.56 Å². The Morgan fingerprint density at radius 2 is 2.30 bits per heavy atom. The molecule has 27 heavy (non-hydrogen) atoms. The standard InChI is InChI=1S/C21H25N3O3/c1-14-22-18(10-20(25)23-14)17-6-4-8-24(12-17)11-15-9-16-5-3-7-19(26-2)21(16)27-13-15/h3,5,7,9-10,17H,4,6,8,11-13H2,1-2H3,(H,22,23,25)/t17-/m1/s1. The lowest BCUT2D eigenvalue weighted by molar-refractivity contribution is 0.212. The molecule has 142 valence electrons. The Kier molecular flexibility index (Phi) is 4.99. The normalized spacial score (nSPS) is 19.8. The number of hydrogen-bond acceptors (Lipinski definition) is 5. The van der Waals surface area contributed by atoms with E-state index in [9.17, 15) is 4.79 Å². The highest BCUT2D eigenvalue weighted by atomic mass is 16.5. The van der Waals surface area contributed by atoms with Crippen molar-refractivity contribution in [3.05, 3.63) is 57.3 Å². The number of fused-ring (bicyclic) bond motifs is 1. The van der Waals surface area contributed by atoms with Crippen molar-refractivity contribution in [2.45, 2.75) is 25.7 Å². The van der Waals surface area contributed by atoms with E-state index >= 15 is 0 Å². The fourth-order valence-corrected chi connectivity index (χ4v) is 4.02. The molecule has 0 radical (unpaired) electrons. The summed E-state index contributed by atoms with van der Waals surface area (Å²) in [5.74, 6) is 2.58. The Labute approximate surface area is 158 Å². The van der Waals surface area contributed by atoms with Crippen molar-refractivity contribution in [3.8, 4) is 11.5 Å². The number of aryl methyl sites for hydroxylation is 1. The second-order valence-electron chi connectivity index (χ2n) is 7.30. The first-order valence-corrected chi connectivity index (χ1v) is 9.42. The van der Waals surface area contributed by atoms with E-state index in [1.54, 1.807) is 13.2 Å². The van der Waals surface area contributed by atoms with Gasteiger partial charge >= 0.3 is 0 Å². The summed E-state index contributed by atoms with van der Waals surface area (Å²) in [7, 11) is 1.66. The fraction of sp³-hybridized carbons (Fsp3) is 0.429. The van der Waals surface area contributed by atoms with Gasteiger partial charge in [0.15, 0.2) is 11.5 Å². The number of H-pyrrole nitrogens is 1. The van der Waals surface area contributed by atoms with Gasteiger partial charge in [-0.3, -0.25) is 9.69 Å². The zero-order valence-electron chi connectivity index (χ0n) is 15.8. The molecular weight excluding hydrogens is 342 g/mol. The molecule has 3 heterocycles. The molecule has 1 fully saturated rings. The summed E-state index contributed by atoms with van der Waals surface area (Å²) in [6.07, 6.45) is 4.39. The minimum absolute atomic E-state index is 0.0661. The SMILES string of the molecule is COc1cccc2c1OCC(CN1CCC[C@@H](c3cc(=O)[nH]c(C)n3)C1)=C2. The topological polar surface area (TPSA) is 67.5 Å². The van der Waals surface area contributed by atoms with Gasteiger partial charge in [-0.2, -0.15) is 0 Å². The van der Waals surface area contributed by atoms with Crippen LogP contribution in [-0.4, -0.2) is 48.2 Å². The summed E-state index contributed by atoms with van der Waals surface area (Å²) < 4.78 is 11.3. The number of benzene rings is 1. The monoisotopic (exact) mass is 367 g/mol. The van der Waals surface area contributed by atoms with Crippen LogP contribution in [0.15, 0.2) is 34.6 Å². The van der Waals surface area contributed by atoms with Crippen LogP contribution in [0.25, 0.3) is 6.08 Å². The number of piperidine rings is 1. The third-order valence-corrected chi connectivity index (χ3v) is 5.22. The number of para-hydroxylation sites is 1. The minimum Gasteiger partial charge on any atom is -0.493 e. The number of likely N-dealkylation sites (tertiary alicyclic amines) is 1. The smallest absolute Gasteiger partial charge is 0.251 e. The van der Waals surface area contributed by atoms with E-state index in [2.05, 4.69) is 27.0 Å². The molecule has 0 bridgehead atoms. The highest BCUT2D eigenvalue weighted by Crippen LogP contribution is 2.36. The lowest BCUT2D eigenvalue weighted by Crippen LogP contribution is -2.37. The van der Waals surface area contributed by atoms with Gasteiger partial charge in [0.1, 0.15) is 12.4 Å². The summed E-state index contributed by atoms with van der Waals surface area (Å²) in [6, 6.07) is 7.60. The van der Waals surface area contributed by atoms with E-state index < -0.39 is 0 Å². The highest BCUT2D eigenvalue weighted by molar-refractivity contribution is 5.66. The van der Waals surface area contributed by atoms with Crippen LogP contribution >= 0.6 is 0 Å². The molecule has 1 aromatic carbocycles. The summed E-state index contributed by atoms with van der Waals surface area (Å²) >= 11 is 0. The number of methoxy groups -OCH3 is 1. The largest absolute Gasteiger partial charge is 0.493 e. The molecule has 0 aliphatic carbocycles. The molecule has 6 nitrogen and oxygen atoms in total. The van der Waals surface area contributed by atoms with Gasteiger partial charge in [0, 0.05) is 30.6 Å². The van der Waals surface area contributed by atoms with Crippen LogP contribution in [0.5, 0.6) is 11.5 Å². The van der Waals surface area contributed by atoms with Gasteiger partial charge in [0.2, 0.25) is 0 Å². The minimum atomic E-state index is -0.0661. The maximum Gasteiger partial charge on any atom is 0.251 e. The van der Waals surface area contributed by atoms with Crippen molar-refractivity contribution in [3.63, 3.8) is 0 Å². The lowest BCUT2D eigenvalue weighted by atomic mass is 9.94. The average Bonchev–Trinajstić information content (AvgIpc) is 2.67. The number of nitrogens with one attached hydrogen (secondary N) is 1. The maximum absolute atomic E-state index is 11.8. The van der Waals surface area contributed by atoms with Gasteiger partial charge < -0.3 is 14.5 Å². The molecule has 6 heteroatoms. The van der Waals surface area contributed by atoms with Crippen LogP contribution in [0.4, 0.5) is 0 Å². The van der Waals surface area contributed by atoms with Crippen molar-refractivity contribution >= 4 is 6.08 Å². The van der Waals surface area contributed by atoms with E-state index in [0.29, 0.717) is 18.3 Å². The number of hydrogen-bond donors (Lipinski definition) is 1. The van der Waals surface area contributed by atoms with Gasteiger partial charge in [-0.1, -0.05) is 12.1 Å². The first kappa shape index (κ1) is 17.8. The molecule has 0 spiro atoms. The van der Waals surface area contributed by atoms with Crippen molar-refractivity contribution in [1.29, 1.82) is 0 Å². The van der Waals surface area contributed by atoms with E-state index in [0.717, 1.165) is 55.2 Å². The lowest BCUT2D eigenvalue weighted by Gasteiger charge is -2.33. The molecular formula is C21H25N3O3. The second kappa shape index (κ2) is 7.56. The zero-order valence-corrected chi connectivity index (χ0v) is 15.8. The van der Waals surface area contributed by atoms with E-state index in [4.69, 9.17) is 9.47 Å². The van der Waals surface area contributed by atoms with Crippen LogP contribution in [0.1, 0.15) is 35.8 Å².